The first-order valence-electron chi connectivity index (χ1n) is 4.63. The molecule has 1 amide bonds. The van der Waals surface area contributed by atoms with Crippen molar-refractivity contribution in [3.63, 3.8) is 0 Å². The van der Waals surface area contributed by atoms with Crippen LogP contribution < -0.4 is 0 Å². The van der Waals surface area contributed by atoms with Crippen molar-refractivity contribution in [3.8, 4) is 0 Å². The fourth-order valence-electron chi connectivity index (χ4n) is 2.04. The van der Waals surface area contributed by atoms with E-state index in [1.165, 1.54) is 0 Å². The second kappa shape index (κ2) is 2.73. The number of hydrogen-bond acceptors (Lipinski definition) is 2. The molecule has 2 rings (SSSR count). The Morgan fingerprint density at radius 1 is 1.58 bits per heavy atom. The highest BCUT2D eigenvalue weighted by Crippen LogP contribution is 2.31. The molecule has 12 heavy (non-hydrogen) atoms. The van der Waals surface area contributed by atoms with Crippen molar-refractivity contribution >= 4 is 5.91 Å². The molecule has 68 valence electrons. The molecule has 0 bridgehead atoms. The zero-order valence-corrected chi connectivity index (χ0v) is 7.62. The standard InChI is InChI=1S/C9H15NO2/c1-6(2)7-5-12-9-4-3-8(11)10(7)9/h6-7,9H,3-5H2,1-2H3/t7-,9-/m1/s1. The van der Waals surface area contributed by atoms with Crippen LogP contribution in [0, 0.1) is 5.92 Å². The fourth-order valence-corrected chi connectivity index (χ4v) is 2.04. The summed E-state index contributed by atoms with van der Waals surface area (Å²) in [4.78, 5) is 13.4. The van der Waals surface area contributed by atoms with Gasteiger partial charge in [-0.1, -0.05) is 13.8 Å². The molecule has 0 aromatic carbocycles. The zero-order valence-electron chi connectivity index (χ0n) is 7.62. The van der Waals surface area contributed by atoms with Crippen LogP contribution in [-0.4, -0.2) is 29.7 Å². The summed E-state index contributed by atoms with van der Waals surface area (Å²) in [6.07, 6.45) is 1.67. The Labute approximate surface area is 72.7 Å². The van der Waals surface area contributed by atoms with Crippen LogP contribution in [0.1, 0.15) is 26.7 Å². The van der Waals surface area contributed by atoms with Crippen LogP contribution in [0.2, 0.25) is 0 Å². The third-order valence-corrected chi connectivity index (χ3v) is 2.79. The molecule has 3 heteroatoms. The fraction of sp³-hybridized carbons (Fsp3) is 0.889. The van der Waals surface area contributed by atoms with Gasteiger partial charge in [-0.2, -0.15) is 0 Å². The van der Waals surface area contributed by atoms with Gasteiger partial charge < -0.3 is 9.64 Å². The molecule has 2 heterocycles. The van der Waals surface area contributed by atoms with E-state index in [9.17, 15) is 4.79 Å². The van der Waals surface area contributed by atoms with Gasteiger partial charge in [0, 0.05) is 12.8 Å². The van der Waals surface area contributed by atoms with Gasteiger partial charge in [-0.3, -0.25) is 4.79 Å². The van der Waals surface area contributed by atoms with Gasteiger partial charge in [0.2, 0.25) is 5.91 Å². The van der Waals surface area contributed by atoms with Gasteiger partial charge >= 0.3 is 0 Å². The highest BCUT2D eigenvalue weighted by molar-refractivity contribution is 5.79. The zero-order chi connectivity index (χ0) is 8.72. The molecule has 0 radical (unpaired) electrons. The molecular formula is C9H15NO2. The molecule has 0 N–H and O–H groups in total. The Morgan fingerprint density at radius 2 is 2.33 bits per heavy atom. The van der Waals surface area contributed by atoms with Gasteiger partial charge in [0.25, 0.3) is 0 Å². The summed E-state index contributed by atoms with van der Waals surface area (Å²) in [6.45, 7) is 5.01. The predicted molar refractivity (Wildman–Crippen MR) is 44.4 cm³/mol. The highest BCUT2D eigenvalue weighted by atomic mass is 16.5. The number of amides is 1. The summed E-state index contributed by atoms with van der Waals surface area (Å²) in [5.41, 5.74) is 0. The lowest BCUT2D eigenvalue weighted by atomic mass is 10.1. The Morgan fingerprint density at radius 3 is 3.00 bits per heavy atom. The van der Waals surface area contributed by atoms with E-state index in [4.69, 9.17) is 4.74 Å². The minimum Gasteiger partial charge on any atom is -0.356 e. The lowest BCUT2D eigenvalue weighted by Gasteiger charge is -2.24. The Hall–Kier alpha value is -0.570. The van der Waals surface area contributed by atoms with Crippen LogP contribution in [0.15, 0.2) is 0 Å². The number of hydrogen-bond donors (Lipinski definition) is 0. The Kier molecular flexibility index (Phi) is 1.83. The van der Waals surface area contributed by atoms with Gasteiger partial charge in [0.1, 0.15) is 6.23 Å². The number of nitrogens with zero attached hydrogens (tertiary/aromatic N) is 1. The molecule has 0 unspecified atom stereocenters. The van der Waals surface area contributed by atoms with Crippen LogP contribution in [0.4, 0.5) is 0 Å². The van der Waals surface area contributed by atoms with E-state index in [0.717, 1.165) is 13.0 Å². The van der Waals surface area contributed by atoms with E-state index >= 15 is 0 Å². The van der Waals surface area contributed by atoms with Crippen LogP contribution >= 0.6 is 0 Å². The molecule has 2 fully saturated rings. The third kappa shape index (κ3) is 1.04. The smallest absolute Gasteiger partial charge is 0.225 e. The van der Waals surface area contributed by atoms with Gasteiger partial charge in [-0.05, 0) is 5.92 Å². The highest BCUT2D eigenvalue weighted by Gasteiger charge is 2.43. The molecule has 0 saturated carbocycles. The molecule has 0 spiro atoms. The second-order valence-electron chi connectivity index (χ2n) is 3.94. The van der Waals surface area contributed by atoms with Gasteiger partial charge in [-0.25, -0.2) is 0 Å². The maximum atomic E-state index is 11.4. The molecule has 0 aliphatic carbocycles. The van der Waals surface area contributed by atoms with Crippen molar-refractivity contribution in [1.82, 2.24) is 4.90 Å². The molecule has 3 nitrogen and oxygen atoms in total. The van der Waals surface area contributed by atoms with Crippen molar-refractivity contribution in [2.45, 2.75) is 39.0 Å². The number of ether oxygens (including phenoxy) is 1. The van der Waals surface area contributed by atoms with Crippen LogP contribution in [0.5, 0.6) is 0 Å². The van der Waals surface area contributed by atoms with E-state index in [0.29, 0.717) is 18.4 Å². The first kappa shape index (κ1) is 8.05. The van der Waals surface area contributed by atoms with Crippen molar-refractivity contribution in [3.05, 3.63) is 0 Å². The number of rotatable bonds is 1. The summed E-state index contributed by atoms with van der Waals surface area (Å²) in [7, 11) is 0. The van der Waals surface area contributed by atoms with E-state index < -0.39 is 0 Å². The quantitative estimate of drug-likeness (QED) is 0.586. The van der Waals surface area contributed by atoms with Crippen molar-refractivity contribution in [2.75, 3.05) is 6.61 Å². The summed E-state index contributed by atoms with van der Waals surface area (Å²) < 4.78 is 5.53. The third-order valence-electron chi connectivity index (χ3n) is 2.79. The molecule has 0 aromatic heterocycles. The van der Waals surface area contributed by atoms with Crippen molar-refractivity contribution in [1.29, 1.82) is 0 Å². The SMILES string of the molecule is CC(C)[C@H]1CO[C@@H]2CCC(=O)N12. The lowest BCUT2D eigenvalue weighted by Crippen LogP contribution is -2.39. The van der Waals surface area contributed by atoms with E-state index in [2.05, 4.69) is 13.8 Å². The predicted octanol–water partition coefficient (Wildman–Crippen LogP) is 0.990. The molecule has 0 aromatic rings. The number of carbonyl (C=O) groups excluding carboxylic acids is 1. The van der Waals surface area contributed by atoms with E-state index in [-0.39, 0.29) is 12.1 Å². The largest absolute Gasteiger partial charge is 0.356 e. The Balaban J connectivity index is 2.14. The summed E-state index contributed by atoms with van der Waals surface area (Å²) in [6, 6.07) is 0.324. The summed E-state index contributed by atoms with van der Waals surface area (Å²) in [5.74, 6) is 0.785. The van der Waals surface area contributed by atoms with Crippen LogP contribution in [0.3, 0.4) is 0 Å². The molecule has 2 aliphatic heterocycles. The monoisotopic (exact) mass is 169 g/mol. The first-order valence-corrected chi connectivity index (χ1v) is 4.63. The topological polar surface area (TPSA) is 29.5 Å². The summed E-state index contributed by atoms with van der Waals surface area (Å²) >= 11 is 0. The Bertz CT molecular complexity index is 203. The maximum Gasteiger partial charge on any atom is 0.225 e. The average Bonchev–Trinajstić information content (AvgIpc) is 2.53. The molecule has 2 saturated heterocycles. The van der Waals surface area contributed by atoms with Crippen LogP contribution in [-0.2, 0) is 9.53 Å². The summed E-state index contributed by atoms with van der Waals surface area (Å²) in [5, 5.41) is 0. The minimum absolute atomic E-state index is 0.102. The normalized spacial score (nSPS) is 34.9. The molecule has 2 aliphatic rings. The number of carbonyl (C=O) groups is 1. The van der Waals surface area contributed by atoms with Crippen LogP contribution in [0.25, 0.3) is 0 Å². The maximum absolute atomic E-state index is 11.4. The van der Waals surface area contributed by atoms with Gasteiger partial charge in [0.05, 0.1) is 12.6 Å². The molecule has 2 atom stereocenters. The minimum atomic E-state index is 0.102. The average molecular weight is 169 g/mol. The van der Waals surface area contributed by atoms with Gasteiger partial charge in [-0.15, -0.1) is 0 Å². The lowest BCUT2D eigenvalue weighted by molar-refractivity contribution is -0.131. The second-order valence-corrected chi connectivity index (χ2v) is 3.94. The van der Waals surface area contributed by atoms with Crippen molar-refractivity contribution < 1.29 is 9.53 Å². The van der Waals surface area contributed by atoms with Crippen molar-refractivity contribution in [2.24, 2.45) is 5.92 Å². The van der Waals surface area contributed by atoms with E-state index in [1.807, 2.05) is 4.90 Å². The molecular weight excluding hydrogens is 154 g/mol. The van der Waals surface area contributed by atoms with E-state index in [1.54, 1.807) is 0 Å². The first-order chi connectivity index (χ1) is 5.70. The van der Waals surface area contributed by atoms with Gasteiger partial charge in [0.15, 0.2) is 0 Å². The number of fused-ring (bicyclic) bond motifs is 1.